The summed E-state index contributed by atoms with van der Waals surface area (Å²) in [5.41, 5.74) is 9.38. The molecule has 0 saturated heterocycles. The molecule has 2 nitrogen and oxygen atoms in total. The lowest BCUT2D eigenvalue weighted by molar-refractivity contribution is 1.43. The second-order valence-electron chi connectivity index (χ2n) is 3.79. The summed E-state index contributed by atoms with van der Waals surface area (Å²) in [4.78, 5) is 0. The molecule has 0 atom stereocenters. The van der Waals surface area contributed by atoms with Gasteiger partial charge in [0.25, 0.3) is 0 Å². The molecule has 0 aromatic heterocycles. The van der Waals surface area contributed by atoms with Gasteiger partial charge >= 0.3 is 0 Å². The van der Waals surface area contributed by atoms with Crippen LogP contribution in [-0.2, 0) is 0 Å². The standard InChI is InChI=1S/C13H12BrClN2/c1-8-6-9(14)13(7-10(8)15)17-12-5-3-2-4-11(12)16/h2-7,17H,16H2,1H3. The minimum atomic E-state index is 0.705. The monoisotopic (exact) mass is 310 g/mol. The highest BCUT2D eigenvalue weighted by Crippen LogP contribution is 2.32. The maximum absolute atomic E-state index is 6.10. The van der Waals surface area contributed by atoms with E-state index in [1.807, 2.05) is 43.3 Å². The van der Waals surface area contributed by atoms with Crippen LogP contribution < -0.4 is 11.1 Å². The van der Waals surface area contributed by atoms with Crippen LogP contribution in [0.5, 0.6) is 0 Å². The Kier molecular flexibility index (Phi) is 3.60. The Labute approximate surface area is 114 Å². The van der Waals surface area contributed by atoms with Gasteiger partial charge in [0.05, 0.1) is 17.1 Å². The third-order valence-corrected chi connectivity index (χ3v) is 3.54. The van der Waals surface area contributed by atoms with E-state index in [0.717, 1.165) is 26.4 Å². The second kappa shape index (κ2) is 4.98. The average Bonchev–Trinajstić information content (AvgIpc) is 2.29. The lowest BCUT2D eigenvalue weighted by Gasteiger charge is -2.12. The molecule has 0 aliphatic heterocycles. The molecule has 0 radical (unpaired) electrons. The number of nitrogens with two attached hydrogens (primary N) is 1. The smallest absolute Gasteiger partial charge is 0.0618 e. The third-order valence-electron chi connectivity index (χ3n) is 2.48. The number of para-hydroxylation sites is 2. The van der Waals surface area contributed by atoms with Gasteiger partial charge in [-0.1, -0.05) is 23.7 Å². The van der Waals surface area contributed by atoms with Gasteiger partial charge in [-0.05, 0) is 52.7 Å². The summed E-state index contributed by atoms with van der Waals surface area (Å²) < 4.78 is 0.961. The summed E-state index contributed by atoms with van der Waals surface area (Å²) in [5.74, 6) is 0. The van der Waals surface area contributed by atoms with Crippen molar-refractivity contribution in [3.63, 3.8) is 0 Å². The minimum Gasteiger partial charge on any atom is -0.397 e. The summed E-state index contributed by atoms with van der Waals surface area (Å²) in [6.07, 6.45) is 0. The van der Waals surface area contributed by atoms with Gasteiger partial charge in [0.2, 0.25) is 0 Å². The number of hydrogen-bond donors (Lipinski definition) is 2. The van der Waals surface area contributed by atoms with Gasteiger partial charge in [-0.2, -0.15) is 0 Å². The first-order valence-corrected chi connectivity index (χ1v) is 6.32. The molecule has 0 amide bonds. The zero-order valence-corrected chi connectivity index (χ0v) is 11.6. The molecular weight excluding hydrogens is 300 g/mol. The maximum Gasteiger partial charge on any atom is 0.0618 e. The first kappa shape index (κ1) is 12.3. The van der Waals surface area contributed by atoms with E-state index in [1.54, 1.807) is 0 Å². The van der Waals surface area contributed by atoms with Gasteiger partial charge < -0.3 is 11.1 Å². The van der Waals surface area contributed by atoms with Gasteiger partial charge in [0.1, 0.15) is 0 Å². The molecule has 17 heavy (non-hydrogen) atoms. The molecule has 88 valence electrons. The quantitative estimate of drug-likeness (QED) is 0.786. The SMILES string of the molecule is Cc1cc(Br)c(Nc2ccccc2N)cc1Cl. The molecule has 0 unspecified atom stereocenters. The van der Waals surface area contributed by atoms with Crippen molar-refractivity contribution < 1.29 is 0 Å². The zero-order chi connectivity index (χ0) is 12.4. The van der Waals surface area contributed by atoms with Gasteiger partial charge in [0, 0.05) is 9.50 Å². The largest absolute Gasteiger partial charge is 0.397 e. The van der Waals surface area contributed by atoms with Crippen LogP contribution in [0.25, 0.3) is 0 Å². The van der Waals surface area contributed by atoms with E-state index >= 15 is 0 Å². The summed E-state index contributed by atoms with van der Waals surface area (Å²) in [5, 5.41) is 3.98. The van der Waals surface area contributed by atoms with Crippen LogP contribution in [0.2, 0.25) is 5.02 Å². The highest BCUT2D eigenvalue weighted by molar-refractivity contribution is 9.10. The highest BCUT2D eigenvalue weighted by atomic mass is 79.9. The number of halogens is 2. The lowest BCUT2D eigenvalue weighted by atomic mass is 10.2. The number of aryl methyl sites for hydroxylation is 1. The number of benzene rings is 2. The highest BCUT2D eigenvalue weighted by Gasteiger charge is 2.05. The third kappa shape index (κ3) is 2.73. The van der Waals surface area contributed by atoms with Crippen molar-refractivity contribution in [2.24, 2.45) is 0 Å². The number of anilines is 3. The number of hydrogen-bond acceptors (Lipinski definition) is 2. The number of nitrogens with one attached hydrogen (secondary N) is 1. The Balaban J connectivity index is 2.37. The topological polar surface area (TPSA) is 38.0 Å². The van der Waals surface area contributed by atoms with E-state index in [0.29, 0.717) is 5.69 Å². The molecular formula is C13H12BrClN2. The van der Waals surface area contributed by atoms with E-state index in [2.05, 4.69) is 21.2 Å². The summed E-state index contributed by atoms with van der Waals surface area (Å²) in [6.45, 7) is 1.97. The fourth-order valence-electron chi connectivity index (χ4n) is 1.50. The maximum atomic E-state index is 6.10. The zero-order valence-electron chi connectivity index (χ0n) is 9.30. The van der Waals surface area contributed by atoms with E-state index in [9.17, 15) is 0 Å². The van der Waals surface area contributed by atoms with Crippen molar-refractivity contribution in [1.29, 1.82) is 0 Å². The Morgan fingerprint density at radius 2 is 1.88 bits per heavy atom. The van der Waals surface area contributed by atoms with E-state index in [1.165, 1.54) is 0 Å². The second-order valence-corrected chi connectivity index (χ2v) is 5.06. The molecule has 0 spiro atoms. The molecule has 0 aliphatic carbocycles. The van der Waals surface area contributed by atoms with Crippen LogP contribution in [0.4, 0.5) is 17.1 Å². The fraction of sp³-hybridized carbons (Fsp3) is 0.0769. The number of nitrogen functional groups attached to an aromatic ring is 1. The van der Waals surface area contributed by atoms with Crippen molar-refractivity contribution >= 4 is 44.6 Å². The van der Waals surface area contributed by atoms with Gasteiger partial charge in [-0.25, -0.2) is 0 Å². The van der Waals surface area contributed by atoms with Gasteiger partial charge in [-0.15, -0.1) is 0 Å². The van der Waals surface area contributed by atoms with Gasteiger partial charge in [-0.3, -0.25) is 0 Å². The summed E-state index contributed by atoms with van der Waals surface area (Å²) in [7, 11) is 0. The van der Waals surface area contributed by atoms with Crippen molar-refractivity contribution in [2.75, 3.05) is 11.1 Å². The minimum absolute atomic E-state index is 0.705. The molecule has 0 fully saturated rings. The number of rotatable bonds is 2. The Morgan fingerprint density at radius 3 is 2.59 bits per heavy atom. The predicted molar refractivity (Wildman–Crippen MR) is 78.0 cm³/mol. The van der Waals surface area contributed by atoms with E-state index < -0.39 is 0 Å². The fourth-order valence-corrected chi connectivity index (χ4v) is 2.22. The molecule has 3 N–H and O–H groups in total. The molecule has 2 aromatic rings. The van der Waals surface area contributed by atoms with Crippen molar-refractivity contribution in [3.05, 3.63) is 51.5 Å². The molecule has 0 heterocycles. The molecule has 0 bridgehead atoms. The normalized spacial score (nSPS) is 10.3. The van der Waals surface area contributed by atoms with Crippen molar-refractivity contribution in [1.82, 2.24) is 0 Å². The Morgan fingerprint density at radius 1 is 1.18 bits per heavy atom. The molecule has 2 rings (SSSR count). The van der Waals surface area contributed by atoms with Gasteiger partial charge in [0.15, 0.2) is 0 Å². The molecule has 4 heteroatoms. The molecule has 0 aliphatic rings. The van der Waals surface area contributed by atoms with Crippen LogP contribution in [-0.4, -0.2) is 0 Å². The lowest BCUT2D eigenvalue weighted by Crippen LogP contribution is -1.96. The summed E-state index contributed by atoms with van der Waals surface area (Å²) >= 11 is 9.60. The van der Waals surface area contributed by atoms with Crippen LogP contribution in [0, 0.1) is 6.92 Å². The Bertz CT molecular complexity index is 555. The van der Waals surface area contributed by atoms with E-state index in [-0.39, 0.29) is 0 Å². The van der Waals surface area contributed by atoms with Crippen molar-refractivity contribution in [3.8, 4) is 0 Å². The average molecular weight is 312 g/mol. The van der Waals surface area contributed by atoms with Crippen molar-refractivity contribution in [2.45, 2.75) is 6.92 Å². The first-order valence-electron chi connectivity index (χ1n) is 5.15. The van der Waals surface area contributed by atoms with E-state index in [4.69, 9.17) is 17.3 Å². The summed E-state index contributed by atoms with van der Waals surface area (Å²) in [6, 6.07) is 11.5. The predicted octanol–water partition coefficient (Wildman–Crippen LogP) is 4.74. The van der Waals surface area contributed by atoms with Crippen LogP contribution in [0.15, 0.2) is 40.9 Å². The Hall–Kier alpha value is -1.19. The van der Waals surface area contributed by atoms with Crippen LogP contribution >= 0.6 is 27.5 Å². The first-order chi connectivity index (χ1) is 8.08. The molecule has 0 saturated carbocycles. The van der Waals surface area contributed by atoms with Crippen LogP contribution in [0.1, 0.15) is 5.56 Å². The van der Waals surface area contributed by atoms with Crippen LogP contribution in [0.3, 0.4) is 0 Å². The molecule has 2 aromatic carbocycles.